The maximum absolute atomic E-state index is 11.3. The zero-order valence-corrected chi connectivity index (χ0v) is 14.3. The average molecular weight is 350 g/mol. The molecule has 0 amide bonds. The van der Waals surface area contributed by atoms with Gasteiger partial charge >= 0.3 is 5.97 Å². The maximum Gasteiger partial charge on any atom is 0.305 e. The number of nitrogens with one attached hydrogen (secondary N) is 1. The van der Waals surface area contributed by atoms with E-state index in [4.69, 9.17) is 15.2 Å². The highest BCUT2D eigenvalue weighted by atomic mass is 16.6. The van der Waals surface area contributed by atoms with Crippen molar-refractivity contribution in [2.45, 2.75) is 38.7 Å². The van der Waals surface area contributed by atoms with Gasteiger partial charge in [-0.2, -0.15) is 9.97 Å². The summed E-state index contributed by atoms with van der Waals surface area (Å²) in [5.41, 5.74) is 6.83. The van der Waals surface area contributed by atoms with Crippen LogP contribution in [0.15, 0.2) is 6.33 Å². The number of imidazole rings is 1. The smallest absolute Gasteiger partial charge is 0.305 e. The molecular weight excluding hydrogens is 328 g/mol. The molecule has 0 unspecified atom stereocenters. The first-order valence-corrected chi connectivity index (χ1v) is 8.13. The van der Waals surface area contributed by atoms with E-state index in [1.165, 1.54) is 0 Å². The van der Waals surface area contributed by atoms with E-state index < -0.39 is 18.4 Å². The average Bonchev–Trinajstić information content (AvgIpc) is 3.14. The number of esters is 1. The van der Waals surface area contributed by atoms with Gasteiger partial charge in [0.25, 0.3) is 0 Å². The fraction of sp³-hybridized carbons (Fsp3) is 0.600. The van der Waals surface area contributed by atoms with Crippen LogP contribution >= 0.6 is 0 Å². The van der Waals surface area contributed by atoms with Gasteiger partial charge in [-0.3, -0.25) is 9.36 Å². The van der Waals surface area contributed by atoms with Gasteiger partial charge in [0.2, 0.25) is 5.95 Å². The molecule has 25 heavy (non-hydrogen) atoms. The number of aliphatic hydroxyl groups excluding tert-OH is 1. The van der Waals surface area contributed by atoms with Crippen molar-refractivity contribution in [3.8, 4) is 0 Å². The van der Waals surface area contributed by atoms with Crippen LogP contribution in [0.25, 0.3) is 11.2 Å². The van der Waals surface area contributed by atoms with E-state index in [0.717, 1.165) is 0 Å². The number of carbonyl (C=O) groups excluding carboxylic acids is 1. The number of rotatable bonds is 5. The Hall–Kier alpha value is -2.46. The number of nitrogens with two attached hydrogens (primary N) is 1. The molecule has 0 radical (unpaired) electrons. The van der Waals surface area contributed by atoms with E-state index in [0.29, 0.717) is 17.0 Å². The van der Waals surface area contributed by atoms with Crippen LogP contribution in [0.2, 0.25) is 0 Å². The number of nitrogens with zero attached hydrogens (tertiary/aromatic N) is 4. The van der Waals surface area contributed by atoms with E-state index in [1.807, 2.05) is 6.92 Å². The lowest BCUT2D eigenvalue weighted by Gasteiger charge is -2.17. The van der Waals surface area contributed by atoms with Crippen molar-refractivity contribution in [1.29, 1.82) is 0 Å². The molecular formula is C15H22N6O4. The van der Waals surface area contributed by atoms with Gasteiger partial charge in [-0.05, 0) is 0 Å². The van der Waals surface area contributed by atoms with Gasteiger partial charge < -0.3 is 25.6 Å². The first kappa shape index (κ1) is 17.4. The molecule has 10 heteroatoms. The molecule has 3 heterocycles. The molecule has 0 bridgehead atoms. The minimum absolute atomic E-state index is 0.000197. The van der Waals surface area contributed by atoms with Crippen LogP contribution in [0.5, 0.6) is 0 Å². The number of aromatic nitrogens is 4. The summed E-state index contributed by atoms with van der Waals surface area (Å²) in [5.74, 6) is 0.0372. The van der Waals surface area contributed by atoms with Gasteiger partial charge in [0.05, 0.1) is 12.4 Å². The minimum Gasteiger partial charge on any atom is -0.463 e. The summed E-state index contributed by atoms with van der Waals surface area (Å²) in [4.78, 5) is 24.0. The minimum atomic E-state index is -0.782. The van der Waals surface area contributed by atoms with Crippen LogP contribution in [-0.4, -0.2) is 56.5 Å². The summed E-state index contributed by atoms with van der Waals surface area (Å²) in [6.45, 7) is 3.56. The van der Waals surface area contributed by atoms with Crippen LogP contribution in [-0.2, 0) is 14.3 Å². The third-order valence-electron chi connectivity index (χ3n) is 4.33. The van der Waals surface area contributed by atoms with Gasteiger partial charge in [-0.1, -0.05) is 13.8 Å². The molecule has 3 rings (SSSR count). The zero-order chi connectivity index (χ0) is 18.1. The molecule has 10 nitrogen and oxygen atoms in total. The zero-order valence-electron chi connectivity index (χ0n) is 14.3. The van der Waals surface area contributed by atoms with Crippen LogP contribution < -0.4 is 11.1 Å². The largest absolute Gasteiger partial charge is 0.463 e. The molecule has 0 aromatic carbocycles. The summed E-state index contributed by atoms with van der Waals surface area (Å²) < 4.78 is 12.7. The molecule has 0 spiro atoms. The molecule has 1 aliphatic heterocycles. The third-order valence-corrected chi connectivity index (χ3v) is 4.33. The second kappa shape index (κ2) is 6.81. The molecule has 1 aliphatic rings. The number of nitrogen functional groups attached to an aromatic ring is 1. The Kier molecular flexibility index (Phi) is 4.73. The molecule has 2 aromatic heterocycles. The lowest BCUT2D eigenvalue weighted by Crippen LogP contribution is -2.30. The van der Waals surface area contributed by atoms with Gasteiger partial charge in [-0.25, -0.2) is 4.98 Å². The van der Waals surface area contributed by atoms with E-state index in [9.17, 15) is 9.90 Å². The lowest BCUT2D eigenvalue weighted by atomic mass is 10.0. The Morgan fingerprint density at radius 3 is 2.96 bits per heavy atom. The van der Waals surface area contributed by atoms with Crippen molar-refractivity contribution in [3.63, 3.8) is 0 Å². The summed E-state index contributed by atoms with van der Waals surface area (Å²) >= 11 is 0. The van der Waals surface area contributed by atoms with Crippen molar-refractivity contribution in [2.24, 2.45) is 5.92 Å². The standard InChI is InChI=1S/C15H22N6O4/c1-4-9(22)24-5-8-11(23)7(2)14(25-8)21-6-18-10-12(17-3)19-15(16)20-13(10)21/h6-8,11,14,23H,4-5H2,1-3H3,(H3,16,17,19,20)/t7-,8+,11-,14+/m0/s1. The molecule has 4 atom stereocenters. The van der Waals surface area contributed by atoms with Crippen molar-refractivity contribution in [3.05, 3.63) is 6.33 Å². The number of hydrogen-bond donors (Lipinski definition) is 3. The molecule has 1 fully saturated rings. The second-order valence-electron chi connectivity index (χ2n) is 5.96. The van der Waals surface area contributed by atoms with E-state index in [2.05, 4.69) is 20.3 Å². The fourth-order valence-electron chi connectivity index (χ4n) is 2.92. The summed E-state index contributed by atoms with van der Waals surface area (Å²) in [7, 11) is 1.72. The van der Waals surface area contributed by atoms with Gasteiger partial charge in [-0.15, -0.1) is 0 Å². The van der Waals surface area contributed by atoms with Crippen molar-refractivity contribution in [1.82, 2.24) is 19.5 Å². The summed E-state index contributed by atoms with van der Waals surface area (Å²) in [6.07, 6.45) is -0.0551. The third kappa shape index (κ3) is 3.10. The first-order chi connectivity index (χ1) is 12.0. The van der Waals surface area contributed by atoms with E-state index in [-0.39, 0.29) is 30.9 Å². The quantitative estimate of drug-likeness (QED) is 0.650. The predicted octanol–water partition coefficient (Wildman–Crippen LogP) is 0.298. The first-order valence-electron chi connectivity index (χ1n) is 8.13. The highest BCUT2D eigenvalue weighted by Gasteiger charge is 2.43. The van der Waals surface area contributed by atoms with Crippen LogP contribution in [0.4, 0.5) is 11.8 Å². The monoisotopic (exact) mass is 350 g/mol. The highest BCUT2D eigenvalue weighted by Crippen LogP contribution is 2.36. The predicted molar refractivity (Wildman–Crippen MR) is 89.6 cm³/mol. The Bertz CT molecular complexity index is 779. The second-order valence-corrected chi connectivity index (χ2v) is 5.96. The van der Waals surface area contributed by atoms with E-state index >= 15 is 0 Å². The number of aliphatic hydroxyl groups is 1. The van der Waals surface area contributed by atoms with Gasteiger partial charge in [0.15, 0.2) is 17.0 Å². The number of anilines is 2. The van der Waals surface area contributed by atoms with Gasteiger partial charge in [0.1, 0.15) is 18.9 Å². The Morgan fingerprint density at radius 2 is 2.28 bits per heavy atom. The molecule has 4 N–H and O–H groups in total. The molecule has 0 aliphatic carbocycles. The van der Waals surface area contributed by atoms with E-state index in [1.54, 1.807) is 24.9 Å². The lowest BCUT2D eigenvalue weighted by molar-refractivity contribution is -0.149. The molecule has 1 saturated heterocycles. The number of fused-ring (bicyclic) bond motifs is 1. The fourth-order valence-corrected chi connectivity index (χ4v) is 2.92. The van der Waals surface area contributed by atoms with Crippen molar-refractivity contribution < 1.29 is 19.4 Å². The van der Waals surface area contributed by atoms with Crippen molar-refractivity contribution in [2.75, 3.05) is 24.7 Å². The molecule has 136 valence electrons. The van der Waals surface area contributed by atoms with Crippen LogP contribution in [0.1, 0.15) is 26.5 Å². The van der Waals surface area contributed by atoms with Crippen LogP contribution in [0, 0.1) is 5.92 Å². The normalized spacial score (nSPS) is 26.1. The molecule has 0 saturated carbocycles. The SMILES string of the molecule is CCC(=O)OC[C@H]1O[C@@H](n2cnc3c(NC)nc(N)nc32)[C@@H](C)[C@@H]1O. The number of carbonyl (C=O) groups is 1. The maximum atomic E-state index is 11.3. The van der Waals surface area contributed by atoms with Crippen molar-refractivity contribution >= 4 is 28.9 Å². The number of hydrogen-bond acceptors (Lipinski definition) is 9. The Balaban J connectivity index is 1.88. The summed E-state index contributed by atoms with van der Waals surface area (Å²) in [6, 6.07) is 0. The van der Waals surface area contributed by atoms with Crippen LogP contribution in [0.3, 0.4) is 0 Å². The Labute approximate surface area is 144 Å². The number of ether oxygens (including phenoxy) is 2. The highest BCUT2D eigenvalue weighted by molar-refractivity contribution is 5.84. The Morgan fingerprint density at radius 1 is 1.52 bits per heavy atom. The molecule has 2 aromatic rings. The van der Waals surface area contributed by atoms with Gasteiger partial charge in [0, 0.05) is 19.4 Å². The summed E-state index contributed by atoms with van der Waals surface area (Å²) in [5, 5.41) is 13.3. The topological polar surface area (TPSA) is 137 Å².